The number of methoxy groups -OCH3 is 1. The van der Waals surface area contributed by atoms with E-state index >= 15 is 0 Å². The molecule has 0 aliphatic heterocycles. The molecule has 68 heavy (non-hydrogen) atoms. The van der Waals surface area contributed by atoms with Gasteiger partial charge in [0.25, 0.3) is 11.8 Å². The van der Waals surface area contributed by atoms with E-state index in [2.05, 4.69) is 44.4 Å². The number of amides is 2. The number of rotatable bonds is 27. The lowest BCUT2D eigenvalue weighted by atomic mass is 10.0. The average molecular weight is 957 g/mol. The van der Waals surface area contributed by atoms with E-state index in [1.807, 2.05) is 53.7 Å². The van der Waals surface area contributed by atoms with E-state index in [4.69, 9.17) is 24.1 Å². The summed E-state index contributed by atoms with van der Waals surface area (Å²) in [6.07, 6.45) is -2.36. The number of halogens is 3. The molecule has 14 nitrogen and oxygen atoms in total. The molecule has 0 saturated carbocycles. The van der Waals surface area contributed by atoms with Crippen molar-refractivity contribution in [2.45, 2.75) is 54.3 Å². The van der Waals surface area contributed by atoms with Gasteiger partial charge in [-0.25, -0.2) is 0 Å². The minimum Gasteiger partial charge on any atom is -0.394 e. The van der Waals surface area contributed by atoms with Crippen LogP contribution in [0.3, 0.4) is 0 Å². The lowest BCUT2D eigenvalue weighted by Gasteiger charge is -2.23. The number of aliphatic hydroxyl groups excluding tert-OH is 1. The zero-order valence-corrected chi connectivity index (χ0v) is 41.5. The first-order chi connectivity index (χ1) is 32.8. The van der Waals surface area contributed by atoms with Crippen LogP contribution < -0.4 is 15.5 Å². The van der Waals surface area contributed by atoms with Gasteiger partial charge in [0.15, 0.2) is 0 Å². The number of nitrogens with zero attached hydrogens (tertiary/aromatic N) is 4. The molecule has 0 bridgehead atoms. The van der Waals surface area contributed by atoms with Crippen molar-refractivity contribution < 1.29 is 51.6 Å². The normalized spacial score (nSPS) is 10.8. The molecular weight excluding hydrogens is 882 g/mol. The monoisotopic (exact) mass is 957 g/mol. The third kappa shape index (κ3) is 23.6. The molecule has 4 rings (SSSR count). The standard InChI is InChI=1S/C32H29F3N4O3.C15H34N2O5.2C2H6/c1-3-39(4-2)26-11-12-28(38-31(42)23-9-5-8-22(15-23)20-40)27(18-26)29-17-24(13-14-36-29)30(41)37-19-21-7-6-10-25(16-21)32(33,34)35;1-16(2)4-5-17(6-9-19-3)7-10-20-12-14-22-15-13-21-11-8-18;2*1-2/h5-18,20H,3-4,19H2,1-2H3,(H,37,41)(H,38,42);18H,4-15H2,1-3H3;2*1-2H3. The SMILES string of the molecule is CC.CC.CCN(CC)c1ccc(NC(=O)c2cccc(C=O)c2)c(-c2cc(C(=O)NCc3cccc(C(F)(F)F)c3)ccn2)c1.COCCN(CCOCCOCCOCCO)CCN(C)C. The van der Waals surface area contributed by atoms with Crippen molar-refractivity contribution >= 4 is 29.5 Å². The summed E-state index contributed by atoms with van der Waals surface area (Å²) in [4.78, 5) is 48.3. The number of nitrogens with one attached hydrogen (secondary N) is 2. The van der Waals surface area contributed by atoms with Crippen molar-refractivity contribution in [3.05, 3.63) is 113 Å². The molecule has 0 atom stereocenters. The number of aldehydes is 1. The average Bonchev–Trinajstić information content (AvgIpc) is 3.36. The molecule has 1 heterocycles. The van der Waals surface area contributed by atoms with Gasteiger partial charge in [0.2, 0.25) is 0 Å². The number of pyridine rings is 1. The number of carbonyl (C=O) groups is 3. The van der Waals surface area contributed by atoms with Crippen LogP contribution in [0.15, 0.2) is 85.1 Å². The van der Waals surface area contributed by atoms with Crippen LogP contribution in [0.5, 0.6) is 0 Å². The van der Waals surface area contributed by atoms with Gasteiger partial charge < -0.3 is 44.5 Å². The van der Waals surface area contributed by atoms with Crippen LogP contribution in [-0.2, 0) is 31.7 Å². The van der Waals surface area contributed by atoms with E-state index in [0.29, 0.717) is 79.6 Å². The van der Waals surface area contributed by atoms with Gasteiger partial charge in [-0.2, -0.15) is 13.2 Å². The highest BCUT2D eigenvalue weighted by Gasteiger charge is 2.30. The van der Waals surface area contributed by atoms with Crippen LogP contribution in [0.4, 0.5) is 24.5 Å². The summed E-state index contributed by atoms with van der Waals surface area (Å²) in [6.45, 7) is 21.3. The zero-order chi connectivity index (χ0) is 50.7. The zero-order valence-electron chi connectivity index (χ0n) is 41.5. The highest BCUT2D eigenvalue weighted by atomic mass is 19.4. The van der Waals surface area contributed by atoms with Gasteiger partial charge >= 0.3 is 6.18 Å². The van der Waals surface area contributed by atoms with Crippen molar-refractivity contribution in [3.63, 3.8) is 0 Å². The van der Waals surface area contributed by atoms with Crippen molar-refractivity contribution in [2.75, 3.05) is 124 Å². The quantitative estimate of drug-likeness (QED) is 0.0390. The Morgan fingerprint density at radius 1 is 0.735 bits per heavy atom. The molecule has 3 N–H and O–H groups in total. The Morgan fingerprint density at radius 2 is 1.37 bits per heavy atom. The van der Waals surface area contributed by atoms with Crippen LogP contribution in [-0.4, -0.2) is 151 Å². The maximum Gasteiger partial charge on any atom is 0.416 e. The Kier molecular flexibility index (Phi) is 32.0. The number of ether oxygens (including phenoxy) is 4. The summed E-state index contributed by atoms with van der Waals surface area (Å²) in [5.41, 5.74) is 2.73. The largest absolute Gasteiger partial charge is 0.416 e. The molecule has 4 aromatic rings. The highest BCUT2D eigenvalue weighted by molar-refractivity contribution is 6.07. The third-order valence-electron chi connectivity index (χ3n) is 9.68. The molecule has 0 radical (unpaired) electrons. The molecular formula is C51H75F3N6O8. The molecule has 0 saturated heterocycles. The number of aliphatic hydroxyl groups is 1. The first kappa shape index (κ1) is 60.7. The number of hydrogen-bond donors (Lipinski definition) is 3. The number of aromatic nitrogens is 1. The summed E-state index contributed by atoms with van der Waals surface area (Å²) in [5, 5.41) is 14.1. The molecule has 17 heteroatoms. The Morgan fingerprint density at radius 3 is 1.99 bits per heavy atom. The van der Waals surface area contributed by atoms with Gasteiger partial charge in [0.1, 0.15) is 6.29 Å². The molecule has 2 amide bonds. The Bertz CT molecular complexity index is 2000. The maximum atomic E-state index is 13.1. The molecule has 378 valence electrons. The van der Waals surface area contributed by atoms with E-state index in [1.54, 1.807) is 37.4 Å². The lowest BCUT2D eigenvalue weighted by Crippen LogP contribution is -2.36. The van der Waals surface area contributed by atoms with Crippen molar-refractivity contribution in [3.8, 4) is 11.3 Å². The first-order valence-electron chi connectivity index (χ1n) is 23.2. The van der Waals surface area contributed by atoms with Crippen LogP contribution in [0.2, 0.25) is 0 Å². The van der Waals surface area contributed by atoms with Crippen LogP contribution >= 0.6 is 0 Å². The van der Waals surface area contributed by atoms with Crippen molar-refractivity contribution in [1.29, 1.82) is 0 Å². The Balaban J connectivity index is 0.000000754. The third-order valence-corrected chi connectivity index (χ3v) is 9.68. The van der Waals surface area contributed by atoms with Crippen LogP contribution in [0, 0.1) is 0 Å². The number of carbonyl (C=O) groups excluding carboxylic acids is 3. The molecule has 0 spiro atoms. The summed E-state index contributed by atoms with van der Waals surface area (Å²) in [7, 11) is 5.88. The molecule has 1 aromatic heterocycles. The van der Waals surface area contributed by atoms with E-state index < -0.39 is 23.6 Å². The van der Waals surface area contributed by atoms with Crippen LogP contribution in [0.1, 0.15) is 83.7 Å². The van der Waals surface area contributed by atoms with E-state index in [0.717, 1.165) is 63.7 Å². The Hall–Kier alpha value is -5.27. The number of benzene rings is 3. The topological polar surface area (TPSA) is 155 Å². The van der Waals surface area contributed by atoms with Crippen molar-refractivity contribution in [2.24, 2.45) is 0 Å². The fourth-order valence-electron chi connectivity index (χ4n) is 6.14. The smallest absolute Gasteiger partial charge is 0.394 e. The minimum atomic E-state index is -4.48. The van der Waals surface area contributed by atoms with Crippen LogP contribution in [0.25, 0.3) is 11.3 Å². The Labute approximate surface area is 402 Å². The fraction of sp³-hybridized carbons (Fsp3) is 0.490. The van der Waals surface area contributed by atoms with Gasteiger partial charge in [-0.15, -0.1) is 0 Å². The van der Waals surface area contributed by atoms with E-state index in [9.17, 15) is 27.6 Å². The summed E-state index contributed by atoms with van der Waals surface area (Å²) < 4.78 is 60.4. The summed E-state index contributed by atoms with van der Waals surface area (Å²) >= 11 is 0. The minimum absolute atomic E-state index is 0.0521. The number of anilines is 2. The van der Waals surface area contributed by atoms with Gasteiger partial charge in [-0.1, -0.05) is 52.0 Å². The molecule has 3 aromatic carbocycles. The number of hydrogen-bond acceptors (Lipinski definition) is 12. The molecule has 0 fully saturated rings. The highest BCUT2D eigenvalue weighted by Crippen LogP contribution is 2.33. The summed E-state index contributed by atoms with van der Waals surface area (Å²) in [6, 6.07) is 19.6. The summed E-state index contributed by atoms with van der Waals surface area (Å²) in [5.74, 6) is -0.919. The number of alkyl halides is 3. The second-order valence-electron chi connectivity index (χ2n) is 14.6. The second kappa shape index (κ2) is 35.8. The first-order valence-corrected chi connectivity index (χ1v) is 23.2. The predicted octanol–water partition coefficient (Wildman–Crippen LogP) is 8.20. The maximum absolute atomic E-state index is 13.1. The lowest BCUT2D eigenvalue weighted by molar-refractivity contribution is -0.137. The predicted molar refractivity (Wildman–Crippen MR) is 265 cm³/mol. The fourth-order valence-corrected chi connectivity index (χ4v) is 6.14. The molecule has 0 aliphatic rings. The van der Waals surface area contributed by atoms with Gasteiger partial charge in [-0.3, -0.25) is 24.3 Å². The van der Waals surface area contributed by atoms with E-state index in [-0.39, 0.29) is 18.7 Å². The molecule has 0 aliphatic carbocycles. The second-order valence-corrected chi connectivity index (χ2v) is 14.6. The van der Waals surface area contributed by atoms with Crippen molar-refractivity contribution in [1.82, 2.24) is 20.1 Å². The molecule has 0 unspecified atom stereocenters. The van der Waals surface area contributed by atoms with Gasteiger partial charge in [0, 0.05) is 87.1 Å². The van der Waals surface area contributed by atoms with Gasteiger partial charge in [-0.05, 0) is 88.1 Å². The number of likely N-dealkylation sites (N-methyl/N-ethyl adjacent to an activating group) is 1. The van der Waals surface area contributed by atoms with E-state index in [1.165, 1.54) is 30.5 Å². The van der Waals surface area contributed by atoms with Gasteiger partial charge in [0.05, 0.1) is 69.8 Å².